The van der Waals surface area contributed by atoms with Gasteiger partial charge in [0.15, 0.2) is 0 Å². The van der Waals surface area contributed by atoms with Crippen LogP contribution in [-0.2, 0) is 0 Å². The van der Waals surface area contributed by atoms with Crippen molar-refractivity contribution in [3.8, 4) is 0 Å². The van der Waals surface area contributed by atoms with E-state index in [2.05, 4.69) is 9.88 Å². The van der Waals surface area contributed by atoms with Gasteiger partial charge in [-0.1, -0.05) is 12.1 Å². The molecule has 142 valence electrons. The normalized spacial score (nSPS) is 31.4. The van der Waals surface area contributed by atoms with Gasteiger partial charge in [-0.2, -0.15) is 0 Å². The van der Waals surface area contributed by atoms with Crippen LogP contribution in [0.1, 0.15) is 36.0 Å². The van der Waals surface area contributed by atoms with E-state index < -0.39 is 0 Å². The summed E-state index contributed by atoms with van der Waals surface area (Å²) in [6.45, 7) is 3.83. The van der Waals surface area contributed by atoms with Crippen molar-refractivity contribution in [2.75, 3.05) is 26.2 Å². The lowest BCUT2D eigenvalue weighted by atomic mass is 9.77. The lowest BCUT2D eigenvalue weighted by Gasteiger charge is -2.40. The lowest BCUT2D eigenvalue weighted by Crippen LogP contribution is -2.48. The van der Waals surface area contributed by atoms with Gasteiger partial charge in [0.2, 0.25) is 0 Å². The number of hydrogen-bond acceptors (Lipinski definition) is 4. The van der Waals surface area contributed by atoms with Crippen LogP contribution in [0.3, 0.4) is 0 Å². The summed E-state index contributed by atoms with van der Waals surface area (Å²) in [5.74, 6) is 1.06. The van der Waals surface area contributed by atoms with Crippen molar-refractivity contribution < 1.29 is 9.90 Å². The number of carbonyl (C=O) groups is 1. The Morgan fingerprint density at radius 2 is 1.85 bits per heavy atom. The second-order valence-electron chi connectivity index (χ2n) is 8.48. The van der Waals surface area contributed by atoms with Crippen LogP contribution >= 0.6 is 0 Å². The van der Waals surface area contributed by atoms with Gasteiger partial charge in [0.05, 0.1) is 6.10 Å². The first-order valence-electron chi connectivity index (χ1n) is 10.2. The van der Waals surface area contributed by atoms with E-state index in [9.17, 15) is 9.90 Å². The zero-order chi connectivity index (χ0) is 18.4. The summed E-state index contributed by atoms with van der Waals surface area (Å²) in [5, 5.41) is 12.7. The van der Waals surface area contributed by atoms with E-state index in [1.807, 2.05) is 35.4 Å². The summed E-state index contributed by atoms with van der Waals surface area (Å²) in [7, 11) is 0. The highest BCUT2D eigenvalue weighted by molar-refractivity contribution is 6.06. The molecule has 5 heteroatoms. The van der Waals surface area contributed by atoms with Crippen LogP contribution in [-0.4, -0.2) is 64.1 Å². The quantitative estimate of drug-likeness (QED) is 0.889. The summed E-state index contributed by atoms with van der Waals surface area (Å²) in [5.41, 5.74) is 0.769. The van der Waals surface area contributed by atoms with Crippen LogP contribution in [0, 0.1) is 11.8 Å². The number of amides is 1. The van der Waals surface area contributed by atoms with Crippen molar-refractivity contribution in [3.63, 3.8) is 0 Å². The van der Waals surface area contributed by atoms with E-state index >= 15 is 0 Å². The fraction of sp³-hybridized carbons (Fsp3) is 0.545. The highest BCUT2D eigenvalue weighted by Gasteiger charge is 2.45. The number of benzene rings is 1. The predicted octanol–water partition coefficient (Wildman–Crippen LogP) is 2.54. The SMILES string of the molecule is O=C(c1cccc2cnccc12)N1C[C@H]2C[C@@H](N3CCCC3)[C@H](O)C[C@H]2C1. The average Bonchev–Trinajstić information content (AvgIpc) is 3.35. The summed E-state index contributed by atoms with van der Waals surface area (Å²) >= 11 is 0. The Labute approximate surface area is 160 Å². The maximum Gasteiger partial charge on any atom is 0.254 e. The van der Waals surface area contributed by atoms with E-state index in [4.69, 9.17) is 0 Å². The number of likely N-dealkylation sites (tertiary alicyclic amines) is 2. The molecule has 5 rings (SSSR count). The van der Waals surface area contributed by atoms with E-state index in [0.717, 1.165) is 55.4 Å². The predicted molar refractivity (Wildman–Crippen MR) is 104 cm³/mol. The first-order chi connectivity index (χ1) is 13.2. The molecule has 2 aliphatic heterocycles. The minimum atomic E-state index is -0.247. The Bertz CT molecular complexity index is 843. The van der Waals surface area contributed by atoms with E-state index in [1.165, 1.54) is 12.8 Å². The molecule has 2 saturated heterocycles. The molecule has 0 unspecified atom stereocenters. The lowest BCUT2D eigenvalue weighted by molar-refractivity contribution is -0.000864. The number of aromatic nitrogens is 1. The van der Waals surface area contributed by atoms with Gasteiger partial charge in [0.25, 0.3) is 5.91 Å². The van der Waals surface area contributed by atoms with Gasteiger partial charge in [-0.05, 0) is 68.1 Å². The zero-order valence-electron chi connectivity index (χ0n) is 15.6. The Hall–Kier alpha value is -1.98. The molecule has 27 heavy (non-hydrogen) atoms. The third-order valence-corrected chi connectivity index (χ3v) is 6.92. The van der Waals surface area contributed by atoms with E-state index in [-0.39, 0.29) is 18.1 Å². The maximum absolute atomic E-state index is 13.3. The molecule has 3 heterocycles. The first kappa shape index (κ1) is 17.1. The van der Waals surface area contributed by atoms with Crippen molar-refractivity contribution >= 4 is 16.7 Å². The molecule has 0 bridgehead atoms. The molecule has 1 aromatic heterocycles. The molecule has 1 aliphatic carbocycles. The third-order valence-electron chi connectivity index (χ3n) is 6.92. The number of aliphatic hydroxyl groups excluding tert-OH is 1. The first-order valence-corrected chi connectivity index (χ1v) is 10.2. The number of fused-ring (bicyclic) bond motifs is 2. The summed E-state index contributed by atoms with van der Waals surface area (Å²) < 4.78 is 0. The van der Waals surface area contributed by atoms with Crippen LogP contribution in [0.15, 0.2) is 36.7 Å². The fourth-order valence-corrected chi connectivity index (χ4v) is 5.52. The minimum Gasteiger partial charge on any atom is -0.391 e. The molecule has 1 saturated carbocycles. The molecule has 2 aromatic rings. The smallest absolute Gasteiger partial charge is 0.254 e. The Kier molecular flexibility index (Phi) is 4.37. The molecule has 4 atom stereocenters. The fourth-order valence-electron chi connectivity index (χ4n) is 5.52. The van der Waals surface area contributed by atoms with Gasteiger partial charge in [0, 0.05) is 42.5 Å². The van der Waals surface area contributed by atoms with Gasteiger partial charge < -0.3 is 10.0 Å². The van der Waals surface area contributed by atoms with Crippen molar-refractivity contribution in [3.05, 3.63) is 42.2 Å². The van der Waals surface area contributed by atoms with Crippen LogP contribution in [0.2, 0.25) is 0 Å². The number of aliphatic hydroxyl groups is 1. The van der Waals surface area contributed by atoms with Gasteiger partial charge in [-0.15, -0.1) is 0 Å². The summed E-state index contributed by atoms with van der Waals surface area (Å²) in [4.78, 5) is 21.9. The highest BCUT2D eigenvalue weighted by atomic mass is 16.3. The van der Waals surface area contributed by atoms with Gasteiger partial charge in [-0.25, -0.2) is 0 Å². The molecule has 1 aromatic carbocycles. The topological polar surface area (TPSA) is 56.7 Å². The molecule has 5 nitrogen and oxygen atoms in total. The monoisotopic (exact) mass is 365 g/mol. The Morgan fingerprint density at radius 3 is 2.67 bits per heavy atom. The Morgan fingerprint density at radius 1 is 1.07 bits per heavy atom. The number of pyridine rings is 1. The second-order valence-corrected chi connectivity index (χ2v) is 8.48. The maximum atomic E-state index is 13.3. The number of hydrogen-bond donors (Lipinski definition) is 1. The van der Waals surface area contributed by atoms with Gasteiger partial charge >= 0.3 is 0 Å². The molecule has 3 fully saturated rings. The Balaban J connectivity index is 1.35. The average molecular weight is 365 g/mol. The summed E-state index contributed by atoms with van der Waals surface area (Å²) in [6, 6.07) is 8.08. The van der Waals surface area contributed by atoms with E-state index in [1.54, 1.807) is 6.20 Å². The second kappa shape index (κ2) is 6.88. The summed E-state index contributed by atoms with van der Waals surface area (Å²) in [6.07, 6.45) is 7.66. The third kappa shape index (κ3) is 3.03. The molecular weight excluding hydrogens is 338 g/mol. The number of rotatable bonds is 2. The molecule has 1 N–H and O–H groups in total. The van der Waals surface area contributed by atoms with Crippen LogP contribution in [0.4, 0.5) is 0 Å². The largest absolute Gasteiger partial charge is 0.391 e. The van der Waals surface area contributed by atoms with Crippen LogP contribution in [0.5, 0.6) is 0 Å². The van der Waals surface area contributed by atoms with Crippen LogP contribution in [0.25, 0.3) is 10.8 Å². The number of nitrogens with zero attached hydrogens (tertiary/aromatic N) is 3. The van der Waals surface area contributed by atoms with Crippen molar-refractivity contribution in [1.29, 1.82) is 0 Å². The van der Waals surface area contributed by atoms with Crippen molar-refractivity contribution in [2.45, 2.75) is 37.8 Å². The van der Waals surface area contributed by atoms with Gasteiger partial charge in [0.1, 0.15) is 0 Å². The molecule has 1 amide bonds. The van der Waals surface area contributed by atoms with E-state index in [0.29, 0.717) is 11.8 Å². The minimum absolute atomic E-state index is 0.119. The zero-order valence-corrected chi connectivity index (χ0v) is 15.6. The van der Waals surface area contributed by atoms with Crippen molar-refractivity contribution in [1.82, 2.24) is 14.8 Å². The standard InChI is InChI=1S/C22H27N3O2/c26-21-11-17-14-25(13-16(17)10-20(21)24-8-1-2-9-24)22(27)19-5-3-4-15-12-23-7-6-18(15)19/h3-7,12,16-17,20-21,26H,1-2,8-11,13-14H2/t16-,17+,20-,21-/m1/s1. The van der Waals surface area contributed by atoms with Gasteiger partial charge in [-0.3, -0.25) is 14.7 Å². The molecular formula is C22H27N3O2. The van der Waals surface area contributed by atoms with Crippen molar-refractivity contribution in [2.24, 2.45) is 11.8 Å². The van der Waals surface area contributed by atoms with Crippen LogP contribution < -0.4 is 0 Å². The molecule has 0 radical (unpaired) electrons. The number of carbonyl (C=O) groups excluding carboxylic acids is 1. The highest BCUT2D eigenvalue weighted by Crippen LogP contribution is 2.39. The molecule has 3 aliphatic rings. The molecule has 0 spiro atoms.